The van der Waals surface area contributed by atoms with E-state index in [-0.39, 0.29) is 11.1 Å². The van der Waals surface area contributed by atoms with E-state index in [1.165, 1.54) is 17.7 Å². The van der Waals surface area contributed by atoms with Gasteiger partial charge in [0, 0.05) is 5.25 Å². The van der Waals surface area contributed by atoms with Crippen molar-refractivity contribution in [2.45, 2.75) is 37.1 Å². The van der Waals surface area contributed by atoms with Gasteiger partial charge in [0.2, 0.25) is 5.16 Å². The molecule has 3 aromatic rings. The lowest BCUT2D eigenvalue weighted by Crippen LogP contribution is -2.01. The Bertz CT molecular complexity index is 797. The molecule has 0 aliphatic rings. The average Bonchev–Trinajstić information content (AvgIpc) is 3.03. The molecular formula is C18H19FN4S. The van der Waals surface area contributed by atoms with E-state index in [0.29, 0.717) is 11.1 Å². The van der Waals surface area contributed by atoms with E-state index < -0.39 is 0 Å². The standard InChI is InChI=1S/C18H19FN4S/c1-12(2)14-6-10-17(11-7-14)23-18(20-21-22-23)24-13(3)15-4-8-16(19)9-5-15/h4-13H,1-3H3/t13-/m0/s1. The number of benzene rings is 2. The van der Waals surface area contributed by atoms with Gasteiger partial charge in [-0.2, -0.15) is 4.68 Å². The van der Waals surface area contributed by atoms with E-state index in [9.17, 15) is 4.39 Å². The van der Waals surface area contributed by atoms with Crippen LogP contribution in [-0.2, 0) is 0 Å². The summed E-state index contributed by atoms with van der Waals surface area (Å²) in [5, 5.41) is 12.8. The predicted molar refractivity (Wildman–Crippen MR) is 93.9 cm³/mol. The maximum Gasteiger partial charge on any atom is 0.214 e. The Kier molecular flexibility index (Phi) is 4.94. The first kappa shape index (κ1) is 16.6. The SMILES string of the molecule is CC(C)c1ccc(-n2nnnc2S[C@@H](C)c2ccc(F)cc2)cc1. The van der Waals surface area contributed by atoms with Gasteiger partial charge in [-0.1, -0.05) is 49.9 Å². The molecule has 0 saturated carbocycles. The summed E-state index contributed by atoms with van der Waals surface area (Å²) < 4.78 is 14.8. The van der Waals surface area contributed by atoms with Gasteiger partial charge in [0.1, 0.15) is 5.82 Å². The summed E-state index contributed by atoms with van der Waals surface area (Å²) in [5.74, 6) is 0.256. The molecular weight excluding hydrogens is 323 g/mol. The van der Waals surface area contributed by atoms with Crippen molar-refractivity contribution in [1.82, 2.24) is 20.2 Å². The van der Waals surface area contributed by atoms with E-state index in [4.69, 9.17) is 0 Å². The molecule has 4 nitrogen and oxygen atoms in total. The zero-order valence-electron chi connectivity index (χ0n) is 13.8. The summed E-state index contributed by atoms with van der Waals surface area (Å²) in [7, 11) is 0. The van der Waals surface area contributed by atoms with E-state index in [0.717, 1.165) is 11.3 Å². The number of hydrogen-bond donors (Lipinski definition) is 0. The van der Waals surface area contributed by atoms with Crippen LogP contribution in [0.5, 0.6) is 0 Å². The Morgan fingerprint density at radius 3 is 2.17 bits per heavy atom. The molecule has 0 fully saturated rings. The minimum atomic E-state index is -0.231. The molecule has 3 rings (SSSR count). The highest BCUT2D eigenvalue weighted by Crippen LogP contribution is 2.34. The van der Waals surface area contributed by atoms with Crippen LogP contribution in [0.2, 0.25) is 0 Å². The van der Waals surface area contributed by atoms with E-state index >= 15 is 0 Å². The van der Waals surface area contributed by atoms with Crippen LogP contribution in [0.1, 0.15) is 43.1 Å². The first-order chi connectivity index (χ1) is 11.5. The van der Waals surface area contributed by atoms with Crippen molar-refractivity contribution in [3.63, 3.8) is 0 Å². The summed E-state index contributed by atoms with van der Waals surface area (Å²) in [6, 6.07) is 14.8. The Morgan fingerprint density at radius 1 is 0.917 bits per heavy atom. The van der Waals surface area contributed by atoms with E-state index in [2.05, 4.69) is 48.4 Å². The van der Waals surface area contributed by atoms with Crippen molar-refractivity contribution in [2.24, 2.45) is 0 Å². The van der Waals surface area contributed by atoms with Crippen LogP contribution in [0.25, 0.3) is 5.69 Å². The molecule has 0 amide bonds. The van der Waals surface area contributed by atoms with Crippen molar-refractivity contribution in [2.75, 3.05) is 0 Å². The molecule has 124 valence electrons. The van der Waals surface area contributed by atoms with Crippen LogP contribution in [0.15, 0.2) is 53.7 Å². The van der Waals surface area contributed by atoms with Crippen LogP contribution in [0.3, 0.4) is 0 Å². The zero-order valence-corrected chi connectivity index (χ0v) is 14.7. The molecule has 2 aromatic carbocycles. The second-order valence-electron chi connectivity index (χ2n) is 5.93. The lowest BCUT2D eigenvalue weighted by molar-refractivity contribution is 0.627. The molecule has 24 heavy (non-hydrogen) atoms. The molecule has 1 atom stereocenters. The third kappa shape index (κ3) is 3.64. The Labute approximate surface area is 145 Å². The summed E-state index contributed by atoms with van der Waals surface area (Å²) in [6.45, 7) is 6.38. The van der Waals surface area contributed by atoms with Crippen molar-refractivity contribution in [3.8, 4) is 5.69 Å². The molecule has 0 unspecified atom stereocenters. The number of nitrogens with zero attached hydrogens (tertiary/aromatic N) is 4. The fraction of sp³-hybridized carbons (Fsp3) is 0.278. The monoisotopic (exact) mass is 342 g/mol. The number of halogens is 1. The van der Waals surface area contributed by atoms with Gasteiger partial charge in [0.15, 0.2) is 0 Å². The summed E-state index contributed by atoms with van der Waals surface area (Å²) in [5.41, 5.74) is 3.24. The molecule has 0 N–H and O–H groups in total. The van der Waals surface area contributed by atoms with Crippen molar-refractivity contribution in [3.05, 3.63) is 65.5 Å². The molecule has 6 heteroatoms. The van der Waals surface area contributed by atoms with Gasteiger partial charge in [0.05, 0.1) is 5.69 Å². The van der Waals surface area contributed by atoms with E-state index in [1.54, 1.807) is 28.6 Å². The highest BCUT2D eigenvalue weighted by atomic mass is 32.2. The Morgan fingerprint density at radius 2 is 1.54 bits per heavy atom. The third-order valence-electron chi connectivity index (χ3n) is 3.87. The van der Waals surface area contributed by atoms with Crippen LogP contribution in [0, 0.1) is 5.82 Å². The molecule has 1 aromatic heterocycles. The smallest absolute Gasteiger partial charge is 0.207 e. The second-order valence-corrected chi connectivity index (χ2v) is 7.24. The number of thioether (sulfide) groups is 1. The largest absolute Gasteiger partial charge is 0.214 e. The fourth-order valence-corrected chi connectivity index (χ4v) is 3.31. The lowest BCUT2D eigenvalue weighted by atomic mass is 10.0. The Balaban J connectivity index is 1.81. The van der Waals surface area contributed by atoms with Crippen LogP contribution >= 0.6 is 11.8 Å². The van der Waals surface area contributed by atoms with Crippen molar-refractivity contribution >= 4 is 11.8 Å². The lowest BCUT2D eigenvalue weighted by Gasteiger charge is -2.12. The molecule has 0 bridgehead atoms. The minimum absolute atomic E-state index is 0.116. The molecule has 0 spiro atoms. The number of rotatable bonds is 5. The number of tetrazole rings is 1. The normalized spacial score (nSPS) is 12.5. The number of hydrogen-bond acceptors (Lipinski definition) is 4. The van der Waals surface area contributed by atoms with Gasteiger partial charge in [-0.05, 0) is 58.7 Å². The van der Waals surface area contributed by atoms with Gasteiger partial charge in [0.25, 0.3) is 0 Å². The zero-order chi connectivity index (χ0) is 17.1. The fourth-order valence-electron chi connectivity index (χ4n) is 2.37. The average molecular weight is 342 g/mol. The highest BCUT2D eigenvalue weighted by Gasteiger charge is 2.15. The molecule has 0 saturated heterocycles. The van der Waals surface area contributed by atoms with Gasteiger partial charge >= 0.3 is 0 Å². The first-order valence-corrected chi connectivity index (χ1v) is 8.73. The third-order valence-corrected chi connectivity index (χ3v) is 4.96. The molecule has 0 aliphatic heterocycles. The van der Waals surface area contributed by atoms with Crippen molar-refractivity contribution in [1.29, 1.82) is 0 Å². The second kappa shape index (κ2) is 7.13. The maximum absolute atomic E-state index is 13.1. The highest BCUT2D eigenvalue weighted by molar-refractivity contribution is 7.99. The quantitative estimate of drug-likeness (QED) is 0.626. The topological polar surface area (TPSA) is 43.6 Å². The number of aromatic nitrogens is 4. The maximum atomic E-state index is 13.1. The van der Waals surface area contributed by atoms with Crippen LogP contribution in [0.4, 0.5) is 4.39 Å². The van der Waals surface area contributed by atoms with Gasteiger partial charge in [-0.3, -0.25) is 0 Å². The predicted octanol–water partition coefficient (Wildman–Crippen LogP) is 4.78. The molecule has 1 heterocycles. The first-order valence-electron chi connectivity index (χ1n) is 7.85. The van der Waals surface area contributed by atoms with Gasteiger partial charge in [-0.25, -0.2) is 4.39 Å². The molecule has 0 radical (unpaired) electrons. The van der Waals surface area contributed by atoms with Crippen LogP contribution < -0.4 is 0 Å². The van der Waals surface area contributed by atoms with Crippen molar-refractivity contribution < 1.29 is 4.39 Å². The van der Waals surface area contributed by atoms with Gasteiger partial charge < -0.3 is 0 Å². The Hall–Kier alpha value is -2.21. The van der Waals surface area contributed by atoms with Crippen LogP contribution in [-0.4, -0.2) is 20.2 Å². The minimum Gasteiger partial charge on any atom is -0.207 e. The van der Waals surface area contributed by atoms with E-state index in [1.807, 2.05) is 12.1 Å². The molecule has 0 aliphatic carbocycles. The summed E-state index contributed by atoms with van der Waals surface area (Å²) >= 11 is 1.55. The summed E-state index contributed by atoms with van der Waals surface area (Å²) in [4.78, 5) is 0. The summed E-state index contributed by atoms with van der Waals surface area (Å²) in [6.07, 6.45) is 0. The van der Waals surface area contributed by atoms with Gasteiger partial charge in [-0.15, -0.1) is 5.10 Å².